The SMILES string of the molecule is Cc1ccc(-n2nnnc2SCC(=O)N2CC[C@@H](C)Sc3ccccc32)c(C)c1. The van der Waals surface area contributed by atoms with Gasteiger partial charge in [-0.15, -0.1) is 16.9 Å². The van der Waals surface area contributed by atoms with Gasteiger partial charge in [-0.2, -0.15) is 4.68 Å². The second-order valence-electron chi connectivity index (χ2n) is 7.18. The summed E-state index contributed by atoms with van der Waals surface area (Å²) in [6, 6.07) is 14.3. The number of tetrazole rings is 1. The molecule has 0 bridgehead atoms. The number of anilines is 1. The highest BCUT2D eigenvalue weighted by Gasteiger charge is 2.24. The van der Waals surface area contributed by atoms with E-state index in [4.69, 9.17) is 0 Å². The van der Waals surface area contributed by atoms with Gasteiger partial charge in [0.05, 0.1) is 17.1 Å². The third-order valence-electron chi connectivity index (χ3n) is 4.89. The van der Waals surface area contributed by atoms with E-state index in [1.807, 2.05) is 53.9 Å². The molecule has 150 valence electrons. The molecular weight excluding hydrogens is 402 g/mol. The number of fused-ring (bicyclic) bond motifs is 1. The molecule has 2 heterocycles. The maximum atomic E-state index is 13.1. The summed E-state index contributed by atoms with van der Waals surface area (Å²) < 4.78 is 1.71. The molecule has 1 amide bonds. The highest BCUT2D eigenvalue weighted by molar-refractivity contribution is 8.00. The number of nitrogens with zero attached hydrogens (tertiary/aromatic N) is 5. The van der Waals surface area contributed by atoms with E-state index in [-0.39, 0.29) is 5.91 Å². The van der Waals surface area contributed by atoms with Crippen LogP contribution >= 0.6 is 23.5 Å². The predicted octanol–water partition coefficient (Wildman–Crippen LogP) is 4.29. The lowest BCUT2D eigenvalue weighted by Gasteiger charge is -2.22. The van der Waals surface area contributed by atoms with E-state index in [9.17, 15) is 4.79 Å². The van der Waals surface area contributed by atoms with E-state index in [0.717, 1.165) is 34.8 Å². The monoisotopic (exact) mass is 425 g/mol. The van der Waals surface area contributed by atoms with Gasteiger partial charge < -0.3 is 4.90 Å². The zero-order valence-corrected chi connectivity index (χ0v) is 18.3. The summed E-state index contributed by atoms with van der Waals surface area (Å²) in [5, 5.41) is 13.2. The zero-order chi connectivity index (χ0) is 20.4. The van der Waals surface area contributed by atoms with Crippen molar-refractivity contribution in [3.05, 3.63) is 53.6 Å². The fourth-order valence-corrected chi connectivity index (χ4v) is 5.29. The van der Waals surface area contributed by atoms with Crippen LogP contribution < -0.4 is 4.90 Å². The number of aromatic nitrogens is 4. The number of rotatable bonds is 4. The third kappa shape index (κ3) is 4.33. The first-order valence-electron chi connectivity index (χ1n) is 9.58. The number of carbonyl (C=O) groups is 1. The molecule has 29 heavy (non-hydrogen) atoms. The van der Waals surface area contributed by atoms with Crippen LogP contribution in [0.25, 0.3) is 5.69 Å². The van der Waals surface area contributed by atoms with E-state index in [1.54, 1.807) is 4.68 Å². The van der Waals surface area contributed by atoms with E-state index in [2.05, 4.69) is 41.5 Å². The topological polar surface area (TPSA) is 63.9 Å². The predicted molar refractivity (Wildman–Crippen MR) is 118 cm³/mol. The van der Waals surface area contributed by atoms with Crippen LogP contribution in [0.3, 0.4) is 0 Å². The van der Waals surface area contributed by atoms with Crippen molar-refractivity contribution in [2.75, 3.05) is 17.2 Å². The van der Waals surface area contributed by atoms with Crippen molar-refractivity contribution in [1.82, 2.24) is 20.2 Å². The molecule has 0 spiro atoms. The summed E-state index contributed by atoms with van der Waals surface area (Å²) in [5.41, 5.74) is 4.22. The number of benzene rings is 2. The molecule has 3 aromatic rings. The maximum absolute atomic E-state index is 13.1. The van der Waals surface area contributed by atoms with Crippen molar-refractivity contribution in [2.45, 2.75) is 42.5 Å². The molecule has 2 aromatic carbocycles. The summed E-state index contributed by atoms with van der Waals surface area (Å²) in [7, 11) is 0. The van der Waals surface area contributed by atoms with Crippen LogP contribution in [0.4, 0.5) is 5.69 Å². The number of thioether (sulfide) groups is 2. The lowest BCUT2D eigenvalue weighted by molar-refractivity contribution is -0.116. The zero-order valence-electron chi connectivity index (χ0n) is 16.7. The highest BCUT2D eigenvalue weighted by atomic mass is 32.2. The minimum Gasteiger partial charge on any atom is -0.311 e. The van der Waals surface area contributed by atoms with Crippen molar-refractivity contribution in [2.24, 2.45) is 0 Å². The number of carbonyl (C=O) groups excluding carboxylic acids is 1. The van der Waals surface area contributed by atoms with Gasteiger partial charge in [0.2, 0.25) is 11.1 Å². The standard InChI is InChI=1S/C21H23N5OS2/c1-14-8-9-17(15(2)12-14)26-21(22-23-24-26)28-13-20(27)25-11-10-16(3)29-19-7-5-4-6-18(19)25/h4-9,12,16H,10-11,13H2,1-3H3/t16-/m1/s1. The van der Waals surface area contributed by atoms with Gasteiger partial charge in [0.1, 0.15) is 0 Å². The summed E-state index contributed by atoms with van der Waals surface area (Å²) >= 11 is 3.21. The van der Waals surface area contributed by atoms with Crippen LogP contribution in [-0.4, -0.2) is 43.7 Å². The normalized spacial score (nSPS) is 16.4. The Hall–Kier alpha value is -2.32. The van der Waals surface area contributed by atoms with Gasteiger partial charge in [0, 0.05) is 16.7 Å². The van der Waals surface area contributed by atoms with Crippen LogP contribution in [0.2, 0.25) is 0 Å². The quantitative estimate of drug-likeness (QED) is 0.581. The number of hydrogen-bond acceptors (Lipinski definition) is 6. The number of amides is 1. The average molecular weight is 426 g/mol. The van der Waals surface area contributed by atoms with Crippen molar-refractivity contribution >= 4 is 35.1 Å². The first kappa shape index (κ1) is 20.0. The Morgan fingerprint density at radius 1 is 1.21 bits per heavy atom. The van der Waals surface area contributed by atoms with Crippen LogP contribution in [0, 0.1) is 13.8 Å². The number of hydrogen-bond donors (Lipinski definition) is 0. The van der Waals surface area contributed by atoms with E-state index in [1.165, 1.54) is 17.3 Å². The highest BCUT2D eigenvalue weighted by Crippen LogP contribution is 2.37. The largest absolute Gasteiger partial charge is 0.311 e. The second-order valence-corrected chi connectivity index (χ2v) is 9.60. The molecule has 0 unspecified atom stereocenters. The average Bonchev–Trinajstić information content (AvgIpc) is 3.08. The van der Waals surface area contributed by atoms with Crippen molar-refractivity contribution < 1.29 is 4.79 Å². The van der Waals surface area contributed by atoms with Crippen molar-refractivity contribution in [3.8, 4) is 5.69 Å². The Kier molecular flexibility index (Phi) is 5.91. The molecule has 0 saturated carbocycles. The molecule has 0 fully saturated rings. The minimum absolute atomic E-state index is 0.0762. The Morgan fingerprint density at radius 3 is 2.86 bits per heavy atom. The van der Waals surface area contributed by atoms with Gasteiger partial charge in [-0.1, -0.05) is 48.5 Å². The fourth-order valence-electron chi connectivity index (χ4n) is 3.41. The molecule has 1 atom stereocenters. The van der Waals surface area contributed by atoms with Gasteiger partial charge in [-0.05, 0) is 54.5 Å². The van der Waals surface area contributed by atoms with Crippen molar-refractivity contribution in [1.29, 1.82) is 0 Å². The van der Waals surface area contributed by atoms with Crippen LogP contribution in [0.15, 0.2) is 52.5 Å². The smallest absolute Gasteiger partial charge is 0.237 e. The Morgan fingerprint density at radius 2 is 2.03 bits per heavy atom. The lowest BCUT2D eigenvalue weighted by Crippen LogP contribution is -2.33. The molecule has 4 rings (SSSR count). The Labute approximate surface area is 179 Å². The van der Waals surface area contributed by atoms with Crippen LogP contribution in [0.1, 0.15) is 24.5 Å². The molecule has 0 N–H and O–H groups in total. The van der Waals surface area contributed by atoms with Gasteiger partial charge in [-0.25, -0.2) is 0 Å². The number of para-hydroxylation sites is 1. The Balaban J connectivity index is 1.52. The second kappa shape index (κ2) is 8.59. The summed E-state index contributed by atoms with van der Waals surface area (Å²) in [4.78, 5) is 16.2. The van der Waals surface area contributed by atoms with E-state index >= 15 is 0 Å². The molecule has 6 nitrogen and oxygen atoms in total. The van der Waals surface area contributed by atoms with Crippen LogP contribution in [0.5, 0.6) is 0 Å². The number of aryl methyl sites for hydroxylation is 2. The van der Waals surface area contributed by atoms with Gasteiger partial charge >= 0.3 is 0 Å². The third-order valence-corrected chi connectivity index (χ3v) is 7.03. The molecule has 0 aliphatic carbocycles. The summed E-state index contributed by atoms with van der Waals surface area (Å²) in [6.07, 6.45) is 0.968. The molecule has 1 aliphatic heterocycles. The molecule has 1 aliphatic rings. The molecular formula is C21H23N5OS2. The molecule has 8 heteroatoms. The minimum atomic E-state index is 0.0762. The van der Waals surface area contributed by atoms with E-state index < -0.39 is 0 Å². The van der Waals surface area contributed by atoms with Gasteiger partial charge in [-0.3, -0.25) is 4.79 Å². The maximum Gasteiger partial charge on any atom is 0.237 e. The first-order valence-corrected chi connectivity index (χ1v) is 11.4. The van der Waals surface area contributed by atoms with Gasteiger partial charge in [0.25, 0.3) is 0 Å². The van der Waals surface area contributed by atoms with Crippen molar-refractivity contribution in [3.63, 3.8) is 0 Å². The summed E-state index contributed by atoms with van der Waals surface area (Å²) in [6.45, 7) is 7.04. The molecule has 0 saturated heterocycles. The lowest BCUT2D eigenvalue weighted by atomic mass is 10.1. The molecule has 0 radical (unpaired) electrons. The summed E-state index contributed by atoms with van der Waals surface area (Å²) in [5.74, 6) is 0.367. The molecule has 1 aromatic heterocycles. The van der Waals surface area contributed by atoms with Crippen LogP contribution in [-0.2, 0) is 4.79 Å². The first-order chi connectivity index (χ1) is 14.0. The van der Waals surface area contributed by atoms with Gasteiger partial charge in [0.15, 0.2) is 0 Å². The Bertz CT molecular complexity index is 1040. The fraction of sp³-hybridized carbons (Fsp3) is 0.333. The van der Waals surface area contributed by atoms with E-state index in [0.29, 0.717) is 16.2 Å².